The minimum Gasteiger partial charge on any atom is -0.337 e. The van der Waals surface area contributed by atoms with E-state index in [9.17, 15) is 0 Å². The molecule has 0 spiro atoms. The maximum absolute atomic E-state index is 3.32. The SMILES string of the molecule is Cc1ccc2c(c1)c(C)c(C#Cc1ccccc1)n2C. The molecular weight excluding hydrogens is 242 g/mol. The molecule has 0 amide bonds. The van der Waals surface area contributed by atoms with E-state index in [1.165, 1.54) is 22.0 Å². The van der Waals surface area contributed by atoms with Crippen LogP contribution in [0.25, 0.3) is 10.9 Å². The van der Waals surface area contributed by atoms with Crippen molar-refractivity contribution in [3.8, 4) is 11.8 Å². The van der Waals surface area contributed by atoms with Crippen LogP contribution in [0.5, 0.6) is 0 Å². The zero-order valence-corrected chi connectivity index (χ0v) is 12.1. The first kappa shape index (κ1) is 12.6. The topological polar surface area (TPSA) is 4.93 Å². The zero-order valence-electron chi connectivity index (χ0n) is 12.1. The van der Waals surface area contributed by atoms with Gasteiger partial charge in [-0.25, -0.2) is 0 Å². The molecule has 0 saturated carbocycles. The Morgan fingerprint density at radius 1 is 0.900 bits per heavy atom. The fourth-order valence-electron chi connectivity index (χ4n) is 2.57. The molecule has 1 aromatic heterocycles. The molecule has 0 N–H and O–H groups in total. The van der Waals surface area contributed by atoms with Gasteiger partial charge < -0.3 is 4.57 Å². The lowest BCUT2D eigenvalue weighted by Gasteiger charge is -1.98. The normalized spacial score (nSPS) is 10.3. The predicted molar refractivity (Wildman–Crippen MR) is 84.8 cm³/mol. The van der Waals surface area contributed by atoms with Crippen molar-refractivity contribution >= 4 is 10.9 Å². The number of hydrogen-bond donors (Lipinski definition) is 0. The van der Waals surface area contributed by atoms with E-state index in [-0.39, 0.29) is 0 Å². The summed E-state index contributed by atoms with van der Waals surface area (Å²) in [5, 5.41) is 1.30. The van der Waals surface area contributed by atoms with Gasteiger partial charge in [0.05, 0.1) is 5.69 Å². The lowest BCUT2D eigenvalue weighted by molar-refractivity contribution is 0.945. The Kier molecular flexibility index (Phi) is 3.08. The Hall–Kier alpha value is -2.46. The van der Waals surface area contributed by atoms with Gasteiger partial charge in [0.2, 0.25) is 0 Å². The molecule has 0 unspecified atom stereocenters. The molecule has 0 bridgehead atoms. The third-order valence-electron chi connectivity index (χ3n) is 3.71. The van der Waals surface area contributed by atoms with Crippen molar-refractivity contribution in [2.75, 3.05) is 0 Å². The molecule has 2 aromatic carbocycles. The maximum Gasteiger partial charge on any atom is 0.0961 e. The zero-order chi connectivity index (χ0) is 14.1. The molecule has 98 valence electrons. The van der Waals surface area contributed by atoms with E-state index in [0.717, 1.165) is 11.3 Å². The first-order chi connectivity index (χ1) is 9.66. The number of nitrogens with zero attached hydrogens (tertiary/aromatic N) is 1. The van der Waals surface area contributed by atoms with Gasteiger partial charge in [0.15, 0.2) is 0 Å². The van der Waals surface area contributed by atoms with Crippen LogP contribution in [0.15, 0.2) is 48.5 Å². The molecule has 20 heavy (non-hydrogen) atoms. The Morgan fingerprint density at radius 2 is 1.65 bits per heavy atom. The highest BCUT2D eigenvalue weighted by Gasteiger charge is 2.09. The summed E-state index contributed by atoms with van der Waals surface area (Å²) in [6, 6.07) is 16.7. The highest BCUT2D eigenvalue weighted by molar-refractivity contribution is 5.87. The second-order valence-electron chi connectivity index (χ2n) is 5.17. The van der Waals surface area contributed by atoms with Gasteiger partial charge >= 0.3 is 0 Å². The standard InChI is InChI=1S/C19H17N/c1-14-9-11-19-17(13-14)15(2)18(20(19)3)12-10-16-7-5-4-6-8-16/h4-9,11,13H,1-3H3. The fourth-order valence-corrected chi connectivity index (χ4v) is 2.57. The number of aromatic nitrogens is 1. The lowest BCUT2D eigenvalue weighted by atomic mass is 10.1. The van der Waals surface area contributed by atoms with Crippen LogP contribution >= 0.6 is 0 Å². The monoisotopic (exact) mass is 259 g/mol. The van der Waals surface area contributed by atoms with E-state index in [1.807, 2.05) is 30.3 Å². The molecule has 1 heteroatoms. The molecule has 0 aliphatic heterocycles. The Labute approximate surface area is 119 Å². The van der Waals surface area contributed by atoms with Crippen LogP contribution in [-0.2, 0) is 7.05 Å². The number of benzene rings is 2. The molecule has 3 aromatic rings. The first-order valence-corrected chi connectivity index (χ1v) is 6.79. The van der Waals surface area contributed by atoms with E-state index < -0.39 is 0 Å². The quantitative estimate of drug-likeness (QED) is 0.533. The lowest BCUT2D eigenvalue weighted by Crippen LogP contribution is -1.92. The fraction of sp³-hybridized carbons (Fsp3) is 0.158. The first-order valence-electron chi connectivity index (χ1n) is 6.79. The number of rotatable bonds is 0. The van der Waals surface area contributed by atoms with Gasteiger partial charge in [-0.1, -0.05) is 35.7 Å². The Balaban J connectivity index is 2.16. The summed E-state index contributed by atoms with van der Waals surface area (Å²) >= 11 is 0. The number of fused-ring (bicyclic) bond motifs is 1. The molecule has 0 atom stereocenters. The summed E-state index contributed by atoms with van der Waals surface area (Å²) < 4.78 is 2.18. The van der Waals surface area contributed by atoms with Crippen LogP contribution in [0.2, 0.25) is 0 Å². The summed E-state index contributed by atoms with van der Waals surface area (Å²) in [6.07, 6.45) is 0. The van der Waals surface area contributed by atoms with Gasteiger partial charge in [-0.2, -0.15) is 0 Å². The average Bonchev–Trinajstić information content (AvgIpc) is 2.70. The van der Waals surface area contributed by atoms with E-state index in [1.54, 1.807) is 0 Å². The van der Waals surface area contributed by atoms with Gasteiger partial charge in [0.25, 0.3) is 0 Å². The number of aryl methyl sites for hydroxylation is 3. The van der Waals surface area contributed by atoms with Crippen molar-refractivity contribution in [1.29, 1.82) is 0 Å². The van der Waals surface area contributed by atoms with Crippen LogP contribution in [-0.4, -0.2) is 4.57 Å². The van der Waals surface area contributed by atoms with E-state index >= 15 is 0 Å². The minimum atomic E-state index is 1.05. The molecule has 0 aliphatic rings. The van der Waals surface area contributed by atoms with Crippen LogP contribution in [0.4, 0.5) is 0 Å². The second kappa shape index (κ2) is 4.90. The highest BCUT2D eigenvalue weighted by Crippen LogP contribution is 2.25. The average molecular weight is 259 g/mol. The van der Waals surface area contributed by atoms with Crippen LogP contribution in [0.3, 0.4) is 0 Å². The largest absolute Gasteiger partial charge is 0.337 e. The van der Waals surface area contributed by atoms with Crippen LogP contribution in [0.1, 0.15) is 22.4 Å². The van der Waals surface area contributed by atoms with Gasteiger partial charge in [0.1, 0.15) is 0 Å². The molecule has 1 nitrogen and oxygen atoms in total. The minimum absolute atomic E-state index is 1.05. The van der Waals surface area contributed by atoms with Gasteiger partial charge in [-0.15, -0.1) is 0 Å². The van der Waals surface area contributed by atoms with Crippen molar-refractivity contribution in [1.82, 2.24) is 4.57 Å². The third-order valence-corrected chi connectivity index (χ3v) is 3.71. The summed E-state index contributed by atoms with van der Waals surface area (Å²) in [5.74, 6) is 6.57. The summed E-state index contributed by atoms with van der Waals surface area (Å²) in [4.78, 5) is 0. The molecular formula is C19H17N. The molecule has 0 fully saturated rings. The molecule has 3 rings (SSSR count). The van der Waals surface area contributed by atoms with Crippen molar-refractivity contribution in [2.45, 2.75) is 13.8 Å². The van der Waals surface area contributed by atoms with Crippen molar-refractivity contribution in [2.24, 2.45) is 7.05 Å². The molecule has 0 saturated heterocycles. The summed E-state index contributed by atoms with van der Waals surface area (Å²) in [7, 11) is 2.08. The summed E-state index contributed by atoms with van der Waals surface area (Å²) in [5.41, 5.74) is 5.93. The van der Waals surface area contributed by atoms with Crippen molar-refractivity contribution in [3.63, 3.8) is 0 Å². The van der Waals surface area contributed by atoms with Gasteiger partial charge in [-0.05, 0) is 49.6 Å². The Morgan fingerprint density at radius 3 is 2.40 bits per heavy atom. The van der Waals surface area contributed by atoms with E-state index in [2.05, 4.69) is 55.5 Å². The van der Waals surface area contributed by atoms with Crippen molar-refractivity contribution < 1.29 is 0 Å². The third kappa shape index (κ3) is 2.10. The smallest absolute Gasteiger partial charge is 0.0961 e. The highest BCUT2D eigenvalue weighted by atomic mass is 14.9. The number of hydrogen-bond acceptors (Lipinski definition) is 0. The molecule has 1 heterocycles. The molecule has 0 radical (unpaired) electrons. The maximum atomic E-state index is 3.32. The summed E-state index contributed by atoms with van der Waals surface area (Å²) in [6.45, 7) is 4.28. The van der Waals surface area contributed by atoms with Gasteiger partial charge in [0, 0.05) is 23.5 Å². The van der Waals surface area contributed by atoms with Crippen LogP contribution in [0, 0.1) is 25.7 Å². The Bertz CT molecular complexity index is 827. The molecule has 0 aliphatic carbocycles. The van der Waals surface area contributed by atoms with Crippen molar-refractivity contribution in [3.05, 3.63) is 70.9 Å². The second-order valence-corrected chi connectivity index (χ2v) is 5.17. The van der Waals surface area contributed by atoms with E-state index in [4.69, 9.17) is 0 Å². The predicted octanol–water partition coefficient (Wildman–Crippen LogP) is 4.19. The van der Waals surface area contributed by atoms with Gasteiger partial charge in [-0.3, -0.25) is 0 Å². The van der Waals surface area contributed by atoms with Crippen LogP contribution < -0.4 is 0 Å². The van der Waals surface area contributed by atoms with E-state index in [0.29, 0.717) is 0 Å².